The Kier molecular flexibility index (Phi) is 19.0. The van der Waals surface area contributed by atoms with Gasteiger partial charge >= 0.3 is 12.2 Å². The van der Waals surface area contributed by atoms with Crippen LogP contribution in [0.5, 0.6) is 0 Å². The quantitative estimate of drug-likeness (QED) is 0.348. The van der Waals surface area contributed by atoms with Gasteiger partial charge in [-0.15, -0.1) is 0 Å². The fourth-order valence-corrected chi connectivity index (χ4v) is 1.71. The number of carbonyl (C=O) groups is 3. The highest BCUT2D eigenvalue weighted by atomic mass is 16.4. The van der Waals surface area contributed by atoms with E-state index in [0.29, 0.717) is 13.1 Å². The van der Waals surface area contributed by atoms with E-state index >= 15 is 0 Å². The molecule has 1 aromatic carbocycles. The number of amides is 3. The molecule has 0 spiro atoms. The molecule has 0 unspecified atom stereocenters. The van der Waals surface area contributed by atoms with Crippen LogP contribution in [0.2, 0.25) is 0 Å². The molecule has 0 aliphatic rings. The standard InChI is InChI=1S/C13H17NO3.2C3H7NO2/c15-10-8-14(9-11-16)13(17)7-6-12-4-2-1-3-5-12;2*1-2-4-3(5)6/h1-7,15-16H,8-11H2;2*4H,2H2,1H3,(H,5,6)/b7-6+;;. The van der Waals surface area contributed by atoms with E-state index < -0.39 is 12.2 Å². The summed E-state index contributed by atoms with van der Waals surface area (Å²) in [5.41, 5.74) is 0.939. The van der Waals surface area contributed by atoms with E-state index in [1.165, 1.54) is 11.0 Å². The van der Waals surface area contributed by atoms with Gasteiger partial charge in [-0.25, -0.2) is 9.59 Å². The Labute approximate surface area is 170 Å². The van der Waals surface area contributed by atoms with E-state index in [-0.39, 0.29) is 32.2 Å². The minimum Gasteiger partial charge on any atom is -0.465 e. The monoisotopic (exact) mass is 413 g/mol. The normalized spacial score (nSPS) is 9.38. The molecule has 3 amide bonds. The molecule has 164 valence electrons. The molecule has 10 heteroatoms. The molecule has 1 rings (SSSR count). The third kappa shape index (κ3) is 19.5. The van der Waals surface area contributed by atoms with Crippen LogP contribution in [0.1, 0.15) is 19.4 Å². The van der Waals surface area contributed by atoms with Crippen LogP contribution in [-0.2, 0) is 4.79 Å². The van der Waals surface area contributed by atoms with Crippen molar-refractivity contribution in [3.63, 3.8) is 0 Å². The SMILES string of the molecule is CCNC(=O)O.CCNC(=O)O.O=C(/C=C/c1ccccc1)N(CCO)CCO. The van der Waals surface area contributed by atoms with Crippen molar-refractivity contribution in [2.45, 2.75) is 13.8 Å². The summed E-state index contributed by atoms with van der Waals surface area (Å²) in [6.45, 7) is 4.68. The second-order valence-electron chi connectivity index (χ2n) is 5.19. The number of aliphatic hydroxyl groups excluding tert-OH is 2. The predicted molar refractivity (Wildman–Crippen MR) is 110 cm³/mol. The van der Waals surface area contributed by atoms with Gasteiger partial charge in [0.05, 0.1) is 13.2 Å². The van der Waals surface area contributed by atoms with Gasteiger partial charge in [0.15, 0.2) is 0 Å². The molecule has 29 heavy (non-hydrogen) atoms. The number of nitrogens with zero attached hydrogens (tertiary/aromatic N) is 1. The van der Waals surface area contributed by atoms with Gasteiger partial charge < -0.3 is 36.0 Å². The van der Waals surface area contributed by atoms with Crippen molar-refractivity contribution < 1.29 is 34.8 Å². The van der Waals surface area contributed by atoms with Crippen LogP contribution in [0.3, 0.4) is 0 Å². The van der Waals surface area contributed by atoms with E-state index in [4.69, 9.17) is 20.4 Å². The number of hydrogen-bond acceptors (Lipinski definition) is 5. The number of nitrogens with one attached hydrogen (secondary N) is 2. The van der Waals surface area contributed by atoms with Crippen LogP contribution in [-0.4, -0.2) is 82.8 Å². The number of carboxylic acid groups (broad SMARTS) is 2. The molecule has 0 fully saturated rings. The average Bonchev–Trinajstić information content (AvgIpc) is 2.67. The second-order valence-corrected chi connectivity index (χ2v) is 5.19. The maximum Gasteiger partial charge on any atom is 0.404 e. The zero-order chi connectivity index (χ0) is 22.5. The van der Waals surface area contributed by atoms with Crippen molar-refractivity contribution in [3.8, 4) is 0 Å². The summed E-state index contributed by atoms with van der Waals surface area (Å²) >= 11 is 0. The van der Waals surface area contributed by atoms with Gasteiger partial charge in [0.25, 0.3) is 0 Å². The van der Waals surface area contributed by atoms with E-state index in [1.54, 1.807) is 19.9 Å². The summed E-state index contributed by atoms with van der Waals surface area (Å²) in [7, 11) is 0. The first-order valence-electron chi connectivity index (χ1n) is 8.99. The Bertz CT molecular complexity index is 573. The third-order valence-electron chi connectivity index (χ3n) is 2.93. The number of aliphatic hydroxyl groups is 2. The number of rotatable bonds is 8. The van der Waals surface area contributed by atoms with Crippen molar-refractivity contribution in [1.29, 1.82) is 0 Å². The molecular formula is C19H31N3O7. The van der Waals surface area contributed by atoms with Crippen LogP contribution in [0.25, 0.3) is 6.08 Å². The molecule has 0 bridgehead atoms. The second kappa shape index (κ2) is 19.6. The van der Waals surface area contributed by atoms with Crippen molar-refractivity contribution in [2.75, 3.05) is 39.4 Å². The summed E-state index contributed by atoms with van der Waals surface area (Å²) in [5, 5.41) is 37.5. The summed E-state index contributed by atoms with van der Waals surface area (Å²) in [6.07, 6.45) is 1.24. The predicted octanol–water partition coefficient (Wildman–Crippen LogP) is 1.06. The van der Waals surface area contributed by atoms with E-state index in [9.17, 15) is 14.4 Å². The molecule has 6 N–H and O–H groups in total. The Hall–Kier alpha value is -3.11. The van der Waals surface area contributed by atoms with Crippen LogP contribution >= 0.6 is 0 Å². The minimum atomic E-state index is -0.961. The van der Waals surface area contributed by atoms with Gasteiger partial charge in [-0.05, 0) is 25.5 Å². The van der Waals surface area contributed by atoms with Gasteiger partial charge in [0, 0.05) is 32.3 Å². The summed E-state index contributed by atoms with van der Waals surface area (Å²) in [6, 6.07) is 9.48. The smallest absolute Gasteiger partial charge is 0.404 e. The van der Waals surface area contributed by atoms with E-state index in [1.807, 2.05) is 30.3 Å². The molecule has 0 aliphatic carbocycles. The van der Waals surface area contributed by atoms with E-state index in [2.05, 4.69) is 10.6 Å². The van der Waals surface area contributed by atoms with Gasteiger partial charge in [0.2, 0.25) is 5.91 Å². The minimum absolute atomic E-state index is 0.106. The third-order valence-corrected chi connectivity index (χ3v) is 2.93. The topological polar surface area (TPSA) is 159 Å². The number of carbonyl (C=O) groups excluding carboxylic acids is 1. The van der Waals surface area contributed by atoms with Crippen molar-refractivity contribution >= 4 is 24.2 Å². The van der Waals surface area contributed by atoms with Crippen LogP contribution in [0.15, 0.2) is 36.4 Å². The highest BCUT2D eigenvalue weighted by Gasteiger charge is 2.08. The maximum absolute atomic E-state index is 11.7. The molecule has 0 aromatic heterocycles. The lowest BCUT2D eigenvalue weighted by molar-refractivity contribution is -0.126. The lowest BCUT2D eigenvalue weighted by Crippen LogP contribution is -2.34. The maximum atomic E-state index is 11.7. The lowest BCUT2D eigenvalue weighted by Gasteiger charge is -2.18. The van der Waals surface area contributed by atoms with Crippen LogP contribution < -0.4 is 10.6 Å². The van der Waals surface area contributed by atoms with Crippen molar-refractivity contribution in [2.24, 2.45) is 0 Å². The van der Waals surface area contributed by atoms with Crippen LogP contribution in [0.4, 0.5) is 9.59 Å². The lowest BCUT2D eigenvalue weighted by atomic mass is 10.2. The molecule has 0 radical (unpaired) electrons. The molecule has 0 saturated heterocycles. The van der Waals surface area contributed by atoms with Gasteiger partial charge in [0.1, 0.15) is 0 Å². The fourth-order valence-electron chi connectivity index (χ4n) is 1.71. The van der Waals surface area contributed by atoms with Gasteiger partial charge in [-0.3, -0.25) is 4.79 Å². The first kappa shape index (κ1) is 28.1. The highest BCUT2D eigenvalue weighted by molar-refractivity contribution is 5.91. The molecule has 1 aromatic rings. The Morgan fingerprint density at radius 3 is 1.66 bits per heavy atom. The largest absolute Gasteiger partial charge is 0.465 e. The first-order valence-corrected chi connectivity index (χ1v) is 8.99. The van der Waals surface area contributed by atoms with Crippen LogP contribution in [0, 0.1) is 0 Å². The zero-order valence-corrected chi connectivity index (χ0v) is 16.7. The van der Waals surface area contributed by atoms with E-state index in [0.717, 1.165) is 5.56 Å². The van der Waals surface area contributed by atoms with Crippen molar-refractivity contribution in [3.05, 3.63) is 42.0 Å². The molecular weight excluding hydrogens is 382 g/mol. The molecule has 0 heterocycles. The average molecular weight is 413 g/mol. The molecule has 0 saturated carbocycles. The summed E-state index contributed by atoms with van der Waals surface area (Å²) in [4.78, 5) is 32.1. The highest BCUT2D eigenvalue weighted by Crippen LogP contribution is 2.02. The van der Waals surface area contributed by atoms with Gasteiger partial charge in [-0.2, -0.15) is 0 Å². The zero-order valence-electron chi connectivity index (χ0n) is 16.7. The molecule has 10 nitrogen and oxygen atoms in total. The van der Waals surface area contributed by atoms with Crippen molar-refractivity contribution in [1.82, 2.24) is 15.5 Å². The summed E-state index contributed by atoms with van der Waals surface area (Å²) < 4.78 is 0. The Morgan fingerprint density at radius 1 is 0.897 bits per heavy atom. The number of hydrogen-bond donors (Lipinski definition) is 6. The Balaban J connectivity index is 0. The molecule has 0 aliphatic heterocycles. The van der Waals surface area contributed by atoms with Gasteiger partial charge in [-0.1, -0.05) is 30.3 Å². The fraction of sp³-hybridized carbons (Fsp3) is 0.421. The molecule has 0 atom stereocenters. The Morgan fingerprint density at radius 2 is 1.34 bits per heavy atom. The summed E-state index contributed by atoms with van der Waals surface area (Å²) in [5.74, 6) is -0.211. The number of benzene rings is 1. The first-order chi connectivity index (χ1) is 13.8.